The summed E-state index contributed by atoms with van der Waals surface area (Å²) in [5.74, 6) is -0.851. The number of hydrogen-bond acceptors (Lipinski definition) is 6. The van der Waals surface area contributed by atoms with Crippen LogP contribution in [0.15, 0.2) is 48.6 Å². The molecule has 6 heteroatoms. The summed E-state index contributed by atoms with van der Waals surface area (Å²) in [7, 11) is 0. The summed E-state index contributed by atoms with van der Waals surface area (Å²) in [5, 5.41) is 0. The Balaban J connectivity index is 4.15. The lowest BCUT2D eigenvalue weighted by Gasteiger charge is -2.18. The highest BCUT2D eigenvalue weighted by Gasteiger charge is 2.19. The monoisotopic (exact) mass is 1090 g/mol. The first-order chi connectivity index (χ1) is 38.5. The van der Waals surface area contributed by atoms with Gasteiger partial charge in [-0.3, -0.25) is 14.4 Å². The number of allylic oxidation sites excluding steroid dienone is 8. The molecular weight excluding hydrogens is 961 g/mol. The van der Waals surface area contributed by atoms with Crippen molar-refractivity contribution in [2.45, 2.75) is 380 Å². The minimum absolute atomic E-state index is 0.0694. The fourth-order valence-corrected chi connectivity index (χ4v) is 10.4. The van der Waals surface area contributed by atoms with Gasteiger partial charge in [-0.1, -0.05) is 345 Å². The van der Waals surface area contributed by atoms with Crippen molar-refractivity contribution in [3.05, 3.63) is 48.6 Å². The van der Waals surface area contributed by atoms with Gasteiger partial charge in [0, 0.05) is 19.3 Å². The molecule has 1 unspecified atom stereocenters. The van der Waals surface area contributed by atoms with E-state index in [9.17, 15) is 14.4 Å². The van der Waals surface area contributed by atoms with Crippen LogP contribution in [0.5, 0.6) is 0 Å². The summed E-state index contributed by atoms with van der Waals surface area (Å²) in [6.45, 7) is 6.58. The van der Waals surface area contributed by atoms with E-state index in [0.717, 1.165) is 83.5 Å². The molecule has 0 saturated heterocycles. The average Bonchev–Trinajstić information content (AvgIpc) is 3.44. The number of carbonyl (C=O) groups is 3. The molecule has 0 rings (SSSR count). The molecule has 78 heavy (non-hydrogen) atoms. The van der Waals surface area contributed by atoms with Crippen molar-refractivity contribution in [1.82, 2.24) is 0 Å². The van der Waals surface area contributed by atoms with Crippen LogP contribution in [-0.2, 0) is 28.6 Å². The van der Waals surface area contributed by atoms with Gasteiger partial charge in [-0.15, -0.1) is 0 Å². The maximum Gasteiger partial charge on any atom is 0.306 e. The van der Waals surface area contributed by atoms with Crippen LogP contribution in [0.1, 0.15) is 374 Å². The quantitative estimate of drug-likeness (QED) is 0.0261. The number of ether oxygens (including phenoxy) is 3. The third kappa shape index (κ3) is 64.2. The van der Waals surface area contributed by atoms with Crippen molar-refractivity contribution < 1.29 is 28.6 Å². The first-order valence-corrected chi connectivity index (χ1v) is 34.6. The number of carbonyl (C=O) groups excluding carboxylic acids is 3. The molecule has 6 nitrogen and oxygen atoms in total. The maximum atomic E-state index is 12.9. The van der Waals surface area contributed by atoms with Gasteiger partial charge < -0.3 is 14.2 Å². The molecule has 0 aromatic carbocycles. The van der Waals surface area contributed by atoms with Crippen molar-refractivity contribution in [2.24, 2.45) is 0 Å². The molecule has 456 valence electrons. The molecule has 0 saturated carbocycles. The van der Waals surface area contributed by atoms with Gasteiger partial charge >= 0.3 is 17.9 Å². The second-order valence-corrected chi connectivity index (χ2v) is 23.4. The number of hydrogen-bond donors (Lipinski definition) is 0. The molecule has 1 atom stereocenters. The summed E-state index contributed by atoms with van der Waals surface area (Å²) in [5.41, 5.74) is 0. The van der Waals surface area contributed by atoms with Crippen LogP contribution in [0.3, 0.4) is 0 Å². The van der Waals surface area contributed by atoms with Crippen LogP contribution in [0.25, 0.3) is 0 Å². The van der Waals surface area contributed by atoms with Gasteiger partial charge in [-0.25, -0.2) is 0 Å². The third-order valence-electron chi connectivity index (χ3n) is 15.6. The van der Waals surface area contributed by atoms with Gasteiger partial charge in [0.05, 0.1) is 0 Å². The lowest BCUT2D eigenvalue weighted by molar-refractivity contribution is -0.167. The van der Waals surface area contributed by atoms with Crippen LogP contribution in [0.2, 0.25) is 0 Å². The largest absolute Gasteiger partial charge is 0.462 e. The van der Waals surface area contributed by atoms with Crippen molar-refractivity contribution in [3.63, 3.8) is 0 Å². The van der Waals surface area contributed by atoms with E-state index in [4.69, 9.17) is 14.2 Å². The van der Waals surface area contributed by atoms with E-state index in [1.807, 2.05) is 0 Å². The lowest BCUT2D eigenvalue weighted by atomic mass is 10.0. The number of rotatable bonds is 64. The SMILES string of the molecule is CC/C=C\C/C=C\C/C=C\C/C=C\CCCCCCCCCCCCC(=O)OC(COC(=O)CCCCCCCCCCCC)COC(=O)CCCCCCCCCCCCCCCCCCCCCCCCCCCCC. The summed E-state index contributed by atoms with van der Waals surface area (Å²) < 4.78 is 16.9. The fourth-order valence-electron chi connectivity index (χ4n) is 10.4. The van der Waals surface area contributed by atoms with Crippen molar-refractivity contribution in [1.29, 1.82) is 0 Å². The molecule has 0 N–H and O–H groups in total. The molecule has 0 aliphatic carbocycles. The van der Waals surface area contributed by atoms with E-state index in [1.54, 1.807) is 0 Å². The van der Waals surface area contributed by atoms with Gasteiger partial charge in [0.25, 0.3) is 0 Å². The molecular formula is C72H132O6. The summed E-state index contributed by atoms with van der Waals surface area (Å²) >= 11 is 0. The molecule has 0 bridgehead atoms. The minimum Gasteiger partial charge on any atom is -0.462 e. The van der Waals surface area contributed by atoms with E-state index >= 15 is 0 Å². The van der Waals surface area contributed by atoms with Crippen molar-refractivity contribution in [2.75, 3.05) is 13.2 Å². The van der Waals surface area contributed by atoms with Crippen molar-refractivity contribution >= 4 is 17.9 Å². The van der Waals surface area contributed by atoms with E-state index in [1.165, 1.54) is 250 Å². The average molecular weight is 1090 g/mol. The second kappa shape index (κ2) is 66.9. The smallest absolute Gasteiger partial charge is 0.306 e. The van der Waals surface area contributed by atoms with Gasteiger partial charge in [0.1, 0.15) is 13.2 Å². The molecule has 0 spiro atoms. The van der Waals surface area contributed by atoms with Gasteiger partial charge in [-0.05, 0) is 57.8 Å². The van der Waals surface area contributed by atoms with Crippen LogP contribution in [0.4, 0.5) is 0 Å². The summed E-state index contributed by atoms with van der Waals surface area (Å²) in [6, 6.07) is 0. The molecule has 0 radical (unpaired) electrons. The van der Waals surface area contributed by atoms with Crippen LogP contribution in [0, 0.1) is 0 Å². The number of esters is 3. The Morgan fingerprint density at radius 2 is 0.500 bits per heavy atom. The zero-order valence-corrected chi connectivity index (χ0v) is 52.5. The Hall–Kier alpha value is -2.63. The highest BCUT2D eigenvalue weighted by Crippen LogP contribution is 2.18. The highest BCUT2D eigenvalue weighted by molar-refractivity contribution is 5.71. The van der Waals surface area contributed by atoms with E-state index in [-0.39, 0.29) is 31.1 Å². The Labute approximate surface area is 486 Å². The van der Waals surface area contributed by atoms with E-state index in [0.29, 0.717) is 19.3 Å². The maximum absolute atomic E-state index is 12.9. The standard InChI is InChI=1S/C72H132O6/c1-4-7-10-13-16-19-22-24-26-28-30-32-34-35-36-37-39-40-42-44-46-48-50-53-56-59-62-65-71(74)77-68-69(67-76-70(73)64-61-58-55-52-21-18-15-12-9-6-3)78-72(75)66-63-60-57-54-51-49-47-45-43-41-38-33-31-29-27-25-23-20-17-14-11-8-5-2/h8,11,17,20,25,27,31,33,69H,4-7,9-10,12-16,18-19,21-24,26,28-30,32,34-68H2,1-3H3/b11-8-,20-17-,27-25-,33-31-. The Bertz CT molecular complexity index is 1350. The highest BCUT2D eigenvalue weighted by atomic mass is 16.6. The lowest BCUT2D eigenvalue weighted by Crippen LogP contribution is -2.30. The first kappa shape index (κ1) is 75.4. The molecule has 0 heterocycles. The summed E-state index contributed by atoms with van der Waals surface area (Å²) in [4.78, 5) is 38.3. The minimum atomic E-state index is -0.772. The van der Waals surface area contributed by atoms with E-state index in [2.05, 4.69) is 69.4 Å². The topological polar surface area (TPSA) is 78.9 Å². The predicted octanol–water partition coefficient (Wildman–Crippen LogP) is 23.7. The molecule has 0 aliphatic rings. The van der Waals surface area contributed by atoms with Crippen molar-refractivity contribution in [3.8, 4) is 0 Å². The molecule has 0 fully saturated rings. The van der Waals surface area contributed by atoms with Gasteiger partial charge in [0.15, 0.2) is 6.10 Å². The van der Waals surface area contributed by atoms with Gasteiger partial charge in [0.2, 0.25) is 0 Å². The zero-order valence-electron chi connectivity index (χ0n) is 52.5. The summed E-state index contributed by atoms with van der Waals surface area (Å²) in [6.07, 6.45) is 84.4. The first-order valence-electron chi connectivity index (χ1n) is 34.6. The van der Waals surface area contributed by atoms with Crippen LogP contribution in [-0.4, -0.2) is 37.2 Å². The zero-order chi connectivity index (χ0) is 56.4. The third-order valence-corrected chi connectivity index (χ3v) is 15.6. The number of unbranched alkanes of at least 4 members (excludes halogenated alkanes) is 45. The Kier molecular flexibility index (Phi) is 64.6. The Morgan fingerprint density at radius 3 is 0.782 bits per heavy atom. The molecule has 0 aromatic rings. The fraction of sp³-hybridized carbons (Fsp3) is 0.847. The second-order valence-electron chi connectivity index (χ2n) is 23.4. The van der Waals surface area contributed by atoms with E-state index < -0.39 is 6.10 Å². The molecule has 0 aromatic heterocycles. The molecule has 0 amide bonds. The van der Waals surface area contributed by atoms with Gasteiger partial charge in [-0.2, -0.15) is 0 Å². The normalized spacial score (nSPS) is 12.3. The Morgan fingerprint density at radius 1 is 0.269 bits per heavy atom. The van der Waals surface area contributed by atoms with Crippen LogP contribution < -0.4 is 0 Å². The van der Waals surface area contributed by atoms with Crippen LogP contribution >= 0.6 is 0 Å². The predicted molar refractivity (Wildman–Crippen MR) is 339 cm³/mol. The molecule has 0 aliphatic heterocycles.